The summed E-state index contributed by atoms with van der Waals surface area (Å²) in [5.74, 6) is 0.931. The second-order valence-electron chi connectivity index (χ2n) is 5.70. The molecule has 2 heterocycles. The van der Waals surface area contributed by atoms with Gasteiger partial charge in [-0.25, -0.2) is 9.97 Å². The Kier molecular flexibility index (Phi) is 4.90. The van der Waals surface area contributed by atoms with Crippen LogP contribution in [0.5, 0.6) is 0 Å². The Morgan fingerprint density at radius 2 is 2.00 bits per heavy atom. The van der Waals surface area contributed by atoms with E-state index < -0.39 is 0 Å². The van der Waals surface area contributed by atoms with Gasteiger partial charge in [-0.15, -0.1) is 23.7 Å². The van der Waals surface area contributed by atoms with Crippen LogP contribution in [0.15, 0.2) is 29.0 Å². The molecule has 0 bridgehead atoms. The lowest BCUT2D eigenvalue weighted by Crippen LogP contribution is -2.01. The second kappa shape index (κ2) is 6.75. The molecular weight excluding hydrogens is 394 g/mol. The Hall–Kier alpha value is -1.17. The molecule has 0 spiro atoms. The highest BCUT2D eigenvalue weighted by molar-refractivity contribution is 9.10. The molecule has 0 aliphatic heterocycles. The van der Waals surface area contributed by atoms with Crippen molar-refractivity contribution < 1.29 is 0 Å². The molecule has 0 saturated heterocycles. The predicted molar refractivity (Wildman–Crippen MR) is 103 cm³/mol. The molecule has 0 atom stereocenters. The Balaban J connectivity index is 0.00000156. The van der Waals surface area contributed by atoms with E-state index >= 15 is 0 Å². The number of nitrogens with one attached hydrogen (secondary N) is 1. The average molecular weight is 411 g/mol. The number of rotatable bonds is 2. The number of thiophene rings is 1. The van der Waals surface area contributed by atoms with Crippen molar-refractivity contribution in [2.45, 2.75) is 32.6 Å². The van der Waals surface area contributed by atoms with E-state index in [9.17, 15) is 0 Å². The normalized spacial score (nSPS) is 13.5. The van der Waals surface area contributed by atoms with Gasteiger partial charge in [0.15, 0.2) is 0 Å². The van der Waals surface area contributed by atoms with Crippen LogP contribution in [0, 0.1) is 6.92 Å². The molecule has 1 aliphatic rings. The van der Waals surface area contributed by atoms with Crippen molar-refractivity contribution in [3.05, 3.63) is 45.0 Å². The molecule has 2 aromatic heterocycles. The zero-order valence-electron chi connectivity index (χ0n) is 12.7. The standard InChI is InChI=1S/C17H16BrN3S.ClH/c1-10-6-7-11(8-13(10)18)21-16-15-12-4-2-3-5-14(12)22-17(15)20-9-19-16;/h6-9H,2-5H2,1H3,(H,19,20,21);1H. The van der Waals surface area contributed by atoms with Gasteiger partial charge >= 0.3 is 0 Å². The Morgan fingerprint density at radius 3 is 2.83 bits per heavy atom. The minimum absolute atomic E-state index is 0. The van der Waals surface area contributed by atoms with Crippen molar-refractivity contribution in [2.24, 2.45) is 0 Å². The maximum Gasteiger partial charge on any atom is 0.142 e. The van der Waals surface area contributed by atoms with Crippen LogP contribution in [0.3, 0.4) is 0 Å². The molecule has 120 valence electrons. The van der Waals surface area contributed by atoms with E-state index in [0.29, 0.717) is 0 Å². The summed E-state index contributed by atoms with van der Waals surface area (Å²) in [4.78, 5) is 11.6. The van der Waals surface area contributed by atoms with E-state index in [-0.39, 0.29) is 12.4 Å². The van der Waals surface area contributed by atoms with Crippen LogP contribution in [0.25, 0.3) is 10.2 Å². The van der Waals surface area contributed by atoms with Crippen LogP contribution in [-0.4, -0.2) is 9.97 Å². The van der Waals surface area contributed by atoms with Crippen LogP contribution in [0.1, 0.15) is 28.8 Å². The first-order valence-electron chi connectivity index (χ1n) is 7.51. The molecule has 1 N–H and O–H groups in total. The molecule has 0 saturated carbocycles. The highest BCUT2D eigenvalue weighted by Gasteiger charge is 2.19. The van der Waals surface area contributed by atoms with Gasteiger partial charge in [0.1, 0.15) is 17.0 Å². The first-order valence-corrected chi connectivity index (χ1v) is 9.12. The van der Waals surface area contributed by atoms with Crippen molar-refractivity contribution in [3.8, 4) is 0 Å². The fourth-order valence-corrected chi connectivity index (χ4v) is 4.60. The number of halogens is 2. The molecule has 0 radical (unpaired) electrons. The number of fused-ring (bicyclic) bond motifs is 3. The lowest BCUT2D eigenvalue weighted by atomic mass is 9.97. The smallest absolute Gasteiger partial charge is 0.142 e. The van der Waals surface area contributed by atoms with Crippen LogP contribution >= 0.6 is 39.7 Å². The zero-order valence-corrected chi connectivity index (χ0v) is 15.9. The van der Waals surface area contributed by atoms with E-state index in [1.165, 1.54) is 40.7 Å². The topological polar surface area (TPSA) is 37.8 Å². The zero-order chi connectivity index (χ0) is 15.1. The summed E-state index contributed by atoms with van der Waals surface area (Å²) in [6, 6.07) is 6.29. The largest absolute Gasteiger partial charge is 0.340 e. The van der Waals surface area contributed by atoms with E-state index in [4.69, 9.17) is 0 Å². The summed E-state index contributed by atoms with van der Waals surface area (Å²) >= 11 is 5.42. The summed E-state index contributed by atoms with van der Waals surface area (Å²) in [7, 11) is 0. The second-order valence-corrected chi connectivity index (χ2v) is 7.64. The van der Waals surface area contributed by atoms with E-state index in [2.05, 4.69) is 56.3 Å². The minimum Gasteiger partial charge on any atom is -0.340 e. The average Bonchev–Trinajstić information content (AvgIpc) is 2.90. The van der Waals surface area contributed by atoms with Crippen LogP contribution < -0.4 is 5.32 Å². The van der Waals surface area contributed by atoms with Gasteiger partial charge in [0.2, 0.25) is 0 Å². The highest BCUT2D eigenvalue weighted by atomic mass is 79.9. The predicted octanol–water partition coefficient (Wildman–Crippen LogP) is 5.81. The van der Waals surface area contributed by atoms with E-state index in [1.54, 1.807) is 6.33 Å². The fourth-order valence-electron chi connectivity index (χ4n) is 2.99. The summed E-state index contributed by atoms with van der Waals surface area (Å²) in [6.07, 6.45) is 6.56. The summed E-state index contributed by atoms with van der Waals surface area (Å²) in [6.45, 7) is 2.09. The van der Waals surface area contributed by atoms with Gasteiger partial charge in [-0.1, -0.05) is 22.0 Å². The molecule has 3 aromatic rings. The lowest BCUT2D eigenvalue weighted by molar-refractivity contribution is 0.700. The fraction of sp³-hybridized carbons (Fsp3) is 0.294. The van der Waals surface area contributed by atoms with Gasteiger partial charge in [-0.3, -0.25) is 0 Å². The first kappa shape index (κ1) is 16.7. The molecule has 23 heavy (non-hydrogen) atoms. The van der Waals surface area contributed by atoms with Crippen LogP contribution in [-0.2, 0) is 12.8 Å². The highest BCUT2D eigenvalue weighted by Crippen LogP contribution is 2.39. The molecule has 1 aliphatic carbocycles. The Labute approximate surface area is 154 Å². The number of aromatic nitrogens is 2. The van der Waals surface area contributed by atoms with Gasteiger partial charge in [0.25, 0.3) is 0 Å². The Bertz CT molecular complexity index is 862. The van der Waals surface area contributed by atoms with E-state index in [1.807, 2.05) is 11.3 Å². The van der Waals surface area contributed by atoms with Crippen molar-refractivity contribution in [1.29, 1.82) is 0 Å². The third-order valence-corrected chi connectivity index (χ3v) is 6.24. The molecular formula is C17H17BrClN3S. The number of benzene rings is 1. The number of anilines is 2. The van der Waals surface area contributed by atoms with Gasteiger partial charge in [0.05, 0.1) is 5.39 Å². The van der Waals surface area contributed by atoms with Crippen molar-refractivity contribution in [1.82, 2.24) is 9.97 Å². The van der Waals surface area contributed by atoms with Gasteiger partial charge in [0, 0.05) is 15.0 Å². The van der Waals surface area contributed by atoms with Gasteiger partial charge < -0.3 is 5.32 Å². The third-order valence-electron chi connectivity index (χ3n) is 4.19. The SMILES string of the molecule is Cc1ccc(Nc2ncnc3sc4c(c23)CCCC4)cc1Br.Cl. The molecule has 0 fully saturated rings. The molecule has 0 unspecified atom stereocenters. The van der Waals surface area contributed by atoms with Gasteiger partial charge in [-0.05, 0) is 55.9 Å². The quantitative estimate of drug-likeness (QED) is 0.579. The first-order chi connectivity index (χ1) is 10.7. The van der Waals surface area contributed by atoms with Crippen LogP contribution in [0.4, 0.5) is 11.5 Å². The van der Waals surface area contributed by atoms with Crippen molar-refractivity contribution >= 4 is 61.4 Å². The summed E-state index contributed by atoms with van der Waals surface area (Å²) in [5, 5.41) is 4.70. The molecule has 1 aromatic carbocycles. The Morgan fingerprint density at radius 1 is 1.17 bits per heavy atom. The third kappa shape index (κ3) is 3.10. The molecule has 3 nitrogen and oxygen atoms in total. The molecule has 6 heteroatoms. The summed E-state index contributed by atoms with van der Waals surface area (Å²) < 4.78 is 1.11. The molecule has 4 rings (SSSR count). The number of aryl methyl sites for hydroxylation is 3. The molecule has 0 amide bonds. The van der Waals surface area contributed by atoms with E-state index in [0.717, 1.165) is 27.2 Å². The number of hydrogen-bond acceptors (Lipinski definition) is 4. The maximum absolute atomic E-state index is 4.50. The lowest BCUT2D eigenvalue weighted by Gasteiger charge is -2.13. The monoisotopic (exact) mass is 409 g/mol. The van der Waals surface area contributed by atoms with Gasteiger partial charge in [-0.2, -0.15) is 0 Å². The van der Waals surface area contributed by atoms with Crippen molar-refractivity contribution in [2.75, 3.05) is 5.32 Å². The number of hydrogen-bond donors (Lipinski definition) is 1. The minimum atomic E-state index is 0. The number of nitrogens with zero attached hydrogens (tertiary/aromatic N) is 2. The van der Waals surface area contributed by atoms with Crippen molar-refractivity contribution in [3.63, 3.8) is 0 Å². The maximum atomic E-state index is 4.50. The summed E-state index contributed by atoms with van der Waals surface area (Å²) in [5.41, 5.74) is 3.74. The van der Waals surface area contributed by atoms with Crippen LogP contribution in [0.2, 0.25) is 0 Å².